The van der Waals surface area contributed by atoms with E-state index in [1.807, 2.05) is 57.2 Å². The van der Waals surface area contributed by atoms with Crippen LogP contribution < -0.4 is 10.1 Å². The molecule has 3 rings (SSSR count). The van der Waals surface area contributed by atoms with Crippen LogP contribution >= 0.6 is 23.1 Å². The minimum absolute atomic E-state index is 0.0617. The molecule has 0 bridgehead atoms. The van der Waals surface area contributed by atoms with Gasteiger partial charge in [0.25, 0.3) is 0 Å². The third-order valence-corrected chi connectivity index (χ3v) is 5.91. The Morgan fingerprint density at radius 3 is 2.63 bits per heavy atom. The summed E-state index contributed by atoms with van der Waals surface area (Å²) in [5.74, 6) is 0.831. The van der Waals surface area contributed by atoms with E-state index in [9.17, 15) is 4.79 Å². The average molecular weight is 400 g/mol. The van der Waals surface area contributed by atoms with Crippen molar-refractivity contribution in [3.05, 3.63) is 59.7 Å². The van der Waals surface area contributed by atoms with Crippen LogP contribution in [0.15, 0.2) is 52.9 Å². The van der Waals surface area contributed by atoms with Gasteiger partial charge in [-0.3, -0.25) is 4.79 Å². The molecule has 2 aromatic carbocycles. The third kappa shape index (κ3) is 5.08. The first-order valence-corrected chi connectivity index (χ1v) is 10.4. The molecule has 0 saturated carbocycles. The Balaban J connectivity index is 1.62. The number of thioether (sulfide) groups is 1. The van der Waals surface area contributed by atoms with Gasteiger partial charge in [0.1, 0.15) is 5.75 Å². The van der Waals surface area contributed by atoms with Crippen LogP contribution in [0.25, 0.3) is 0 Å². The summed E-state index contributed by atoms with van der Waals surface area (Å²) in [6.45, 7) is 6.47. The number of ketones is 1. The summed E-state index contributed by atoms with van der Waals surface area (Å²) in [7, 11) is 0. The van der Waals surface area contributed by atoms with E-state index < -0.39 is 0 Å². The van der Waals surface area contributed by atoms with Crippen molar-refractivity contribution in [1.29, 1.82) is 0 Å². The van der Waals surface area contributed by atoms with E-state index in [-0.39, 0.29) is 11.0 Å². The first-order chi connectivity index (χ1) is 13.1. The lowest BCUT2D eigenvalue weighted by molar-refractivity contribution is 0.0994. The van der Waals surface area contributed by atoms with Gasteiger partial charge < -0.3 is 10.1 Å². The zero-order valence-electron chi connectivity index (χ0n) is 15.4. The van der Waals surface area contributed by atoms with E-state index in [2.05, 4.69) is 15.5 Å². The summed E-state index contributed by atoms with van der Waals surface area (Å²) in [6.07, 6.45) is 0. The van der Waals surface area contributed by atoms with Gasteiger partial charge in [-0.05, 0) is 56.7 Å². The van der Waals surface area contributed by atoms with E-state index in [0.29, 0.717) is 17.3 Å². The minimum Gasteiger partial charge on any atom is -0.494 e. The molecule has 0 unspecified atom stereocenters. The van der Waals surface area contributed by atoms with Gasteiger partial charge in [0.05, 0.1) is 11.9 Å². The molecule has 1 atom stereocenters. The summed E-state index contributed by atoms with van der Waals surface area (Å²) < 4.78 is 6.18. The summed E-state index contributed by atoms with van der Waals surface area (Å²) in [5.41, 5.74) is 2.81. The maximum absolute atomic E-state index is 12.6. The van der Waals surface area contributed by atoms with Gasteiger partial charge in [-0.25, -0.2) is 0 Å². The molecule has 0 aliphatic carbocycles. The summed E-state index contributed by atoms with van der Waals surface area (Å²) >= 11 is 2.86. The highest BCUT2D eigenvalue weighted by Crippen LogP contribution is 2.32. The Bertz CT molecular complexity index is 910. The van der Waals surface area contributed by atoms with E-state index in [1.165, 1.54) is 23.1 Å². The van der Waals surface area contributed by atoms with Crippen LogP contribution in [-0.4, -0.2) is 27.8 Å². The summed E-state index contributed by atoms with van der Waals surface area (Å²) in [4.78, 5) is 12.6. The van der Waals surface area contributed by atoms with Crippen LogP contribution in [0.3, 0.4) is 0 Å². The molecule has 5 nitrogen and oxygen atoms in total. The lowest BCUT2D eigenvalue weighted by atomic mass is 10.1. The zero-order chi connectivity index (χ0) is 19.2. The van der Waals surface area contributed by atoms with Gasteiger partial charge in [-0.1, -0.05) is 41.3 Å². The number of benzene rings is 2. The molecule has 27 heavy (non-hydrogen) atoms. The van der Waals surface area contributed by atoms with Crippen molar-refractivity contribution in [3.8, 4) is 5.75 Å². The largest absolute Gasteiger partial charge is 0.494 e. The number of hydrogen-bond acceptors (Lipinski definition) is 7. The van der Waals surface area contributed by atoms with Crippen LogP contribution in [0.4, 0.5) is 10.8 Å². The van der Waals surface area contributed by atoms with Crippen LogP contribution in [0.2, 0.25) is 0 Å². The molecule has 0 amide bonds. The fourth-order valence-electron chi connectivity index (χ4n) is 2.46. The molecular weight excluding hydrogens is 378 g/mol. The van der Waals surface area contributed by atoms with Crippen LogP contribution in [0.1, 0.15) is 29.8 Å². The zero-order valence-corrected chi connectivity index (χ0v) is 17.1. The lowest BCUT2D eigenvalue weighted by Gasteiger charge is -2.09. The predicted molar refractivity (Wildman–Crippen MR) is 112 cm³/mol. The van der Waals surface area contributed by atoms with E-state index >= 15 is 0 Å². The van der Waals surface area contributed by atoms with Crippen LogP contribution in [0, 0.1) is 6.92 Å². The third-order valence-electron chi connectivity index (χ3n) is 3.89. The number of nitrogens with one attached hydrogen (secondary N) is 1. The molecule has 3 aromatic rings. The molecule has 0 fully saturated rings. The maximum atomic E-state index is 12.6. The summed E-state index contributed by atoms with van der Waals surface area (Å²) in [5, 5.41) is 12.1. The molecular formula is C20H21N3O2S2. The van der Waals surface area contributed by atoms with Gasteiger partial charge in [-0.15, -0.1) is 10.2 Å². The van der Waals surface area contributed by atoms with Gasteiger partial charge >= 0.3 is 0 Å². The quantitative estimate of drug-likeness (QED) is 0.407. The fraction of sp³-hybridized carbons (Fsp3) is 0.250. The van der Waals surface area contributed by atoms with Gasteiger partial charge in [0.15, 0.2) is 10.1 Å². The number of nitrogens with zero attached hydrogens (tertiary/aromatic N) is 2. The SMILES string of the molecule is CCOc1ccc(C(=O)[C@@H](C)Sc2nnc(Nc3ccccc3C)s2)cc1. The van der Waals surface area contributed by atoms with E-state index in [0.717, 1.165) is 21.3 Å². The van der Waals surface area contributed by atoms with Gasteiger partial charge in [-0.2, -0.15) is 0 Å². The number of carbonyl (C=O) groups is 1. The molecule has 1 heterocycles. The second-order valence-corrected chi connectivity index (χ2v) is 8.46. The topological polar surface area (TPSA) is 64.1 Å². The molecule has 0 saturated heterocycles. The van der Waals surface area contributed by atoms with Crippen molar-refractivity contribution >= 4 is 39.7 Å². The normalized spacial score (nSPS) is 11.8. The molecule has 1 N–H and O–H groups in total. The molecule has 0 radical (unpaired) electrons. The van der Waals surface area contributed by atoms with Crippen molar-refractivity contribution in [2.24, 2.45) is 0 Å². The second-order valence-electron chi connectivity index (χ2n) is 5.89. The van der Waals surface area contributed by atoms with Crippen molar-refractivity contribution in [2.45, 2.75) is 30.4 Å². The Labute approximate surface area is 167 Å². The first-order valence-electron chi connectivity index (χ1n) is 8.66. The lowest BCUT2D eigenvalue weighted by Crippen LogP contribution is -2.13. The number of aromatic nitrogens is 2. The van der Waals surface area contributed by atoms with Crippen molar-refractivity contribution < 1.29 is 9.53 Å². The molecule has 140 valence electrons. The Morgan fingerprint density at radius 1 is 1.19 bits per heavy atom. The van der Waals surface area contributed by atoms with Gasteiger partial charge in [0.2, 0.25) is 5.13 Å². The van der Waals surface area contributed by atoms with Crippen molar-refractivity contribution in [1.82, 2.24) is 10.2 Å². The highest BCUT2D eigenvalue weighted by atomic mass is 32.2. The van der Waals surface area contributed by atoms with Crippen molar-refractivity contribution in [2.75, 3.05) is 11.9 Å². The standard InChI is InChI=1S/C20H21N3O2S2/c1-4-25-16-11-9-15(10-12-16)18(24)14(3)26-20-23-22-19(27-20)21-17-8-6-5-7-13(17)2/h5-12,14H,4H2,1-3H3,(H,21,22)/t14-/m1/s1. The van der Waals surface area contributed by atoms with Crippen LogP contribution in [-0.2, 0) is 0 Å². The van der Waals surface area contributed by atoms with Crippen molar-refractivity contribution in [3.63, 3.8) is 0 Å². The average Bonchev–Trinajstić information content (AvgIpc) is 3.11. The first kappa shape index (κ1) is 19.4. The molecule has 1 aromatic heterocycles. The fourth-order valence-corrected chi connectivity index (χ4v) is 4.44. The summed E-state index contributed by atoms with van der Waals surface area (Å²) in [6, 6.07) is 15.3. The number of ether oxygens (including phenoxy) is 1. The number of hydrogen-bond donors (Lipinski definition) is 1. The number of rotatable bonds is 8. The highest BCUT2D eigenvalue weighted by molar-refractivity contribution is 8.02. The Hall–Kier alpha value is -2.38. The molecule has 7 heteroatoms. The molecule has 0 aliphatic heterocycles. The number of para-hydroxylation sites is 1. The number of carbonyl (C=O) groups excluding carboxylic acids is 1. The molecule has 0 spiro atoms. The molecule has 0 aliphatic rings. The smallest absolute Gasteiger partial charge is 0.210 e. The van der Waals surface area contributed by atoms with E-state index in [1.54, 1.807) is 12.1 Å². The number of anilines is 2. The monoisotopic (exact) mass is 399 g/mol. The Morgan fingerprint density at radius 2 is 1.93 bits per heavy atom. The van der Waals surface area contributed by atoms with Gasteiger partial charge in [0, 0.05) is 11.3 Å². The predicted octanol–water partition coefficient (Wildman–Crippen LogP) is 5.35. The van der Waals surface area contributed by atoms with Crippen LogP contribution in [0.5, 0.6) is 5.75 Å². The minimum atomic E-state index is -0.248. The number of aryl methyl sites for hydroxylation is 1. The van der Waals surface area contributed by atoms with E-state index in [4.69, 9.17) is 4.74 Å². The highest BCUT2D eigenvalue weighted by Gasteiger charge is 2.19. The maximum Gasteiger partial charge on any atom is 0.210 e. The second kappa shape index (κ2) is 9.01. The Kier molecular flexibility index (Phi) is 6.47. The number of Topliss-reactive ketones (excluding diaryl/α,β-unsaturated/α-hetero) is 1.